The van der Waals surface area contributed by atoms with Gasteiger partial charge >= 0.3 is 0 Å². The molecule has 2 aliphatic heterocycles. The van der Waals surface area contributed by atoms with Gasteiger partial charge in [-0.3, -0.25) is 24.6 Å². The van der Waals surface area contributed by atoms with Crippen molar-refractivity contribution in [3.63, 3.8) is 0 Å². The van der Waals surface area contributed by atoms with Crippen molar-refractivity contribution in [1.82, 2.24) is 20.1 Å². The first kappa shape index (κ1) is 19.1. The zero-order valence-electron chi connectivity index (χ0n) is 16.2. The highest BCUT2D eigenvalue weighted by molar-refractivity contribution is 6.05. The van der Waals surface area contributed by atoms with E-state index in [0.29, 0.717) is 30.9 Å². The summed E-state index contributed by atoms with van der Waals surface area (Å²) in [4.78, 5) is 44.1. The van der Waals surface area contributed by atoms with Gasteiger partial charge in [-0.15, -0.1) is 0 Å². The molecule has 1 aromatic carbocycles. The largest absolute Gasteiger partial charge is 0.384 e. The highest BCUT2D eigenvalue weighted by Gasteiger charge is 2.39. The number of nitrogens with one attached hydrogen (secondary N) is 1. The lowest BCUT2D eigenvalue weighted by Gasteiger charge is -2.29. The molecule has 1 saturated heterocycles. The van der Waals surface area contributed by atoms with Crippen LogP contribution in [0.1, 0.15) is 39.9 Å². The SMILES string of the molecule is CN(Cc1ccc(N)nc1)Cc1ccc2c(c1)CN(C1CCC(=O)NC1=O)C2=O. The molecule has 29 heavy (non-hydrogen) atoms. The molecule has 3 heterocycles. The number of anilines is 1. The van der Waals surface area contributed by atoms with Gasteiger partial charge in [0.05, 0.1) is 0 Å². The Hall–Kier alpha value is -3.26. The Bertz CT molecular complexity index is 973. The van der Waals surface area contributed by atoms with Crippen LogP contribution >= 0.6 is 0 Å². The number of fused-ring (bicyclic) bond motifs is 1. The van der Waals surface area contributed by atoms with Gasteiger partial charge in [-0.2, -0.15) is 0 Å². The van der Waals surface area contributed by atoms with Crippen molar-refractivity contribution >= 4 is 23.5 Å². The number of hydrogen-bond acceptors (Lipinski definition) is 6. The molecule has 150 valence electrons. The van der Waals surface area contributed by atoms with Crippen molar-refractivity contribution in [3.05, 3.63) is 58.8 Å². The minimum Gasteiger partial charge on any atom is -0.384 e. The molecule has 1 unspecified atom stereocenters. The van der Waals surface area contributed by atoms with E-state index in [1.54, 1.807) is 17.2 Å². The van der Waals surface area contributed by atoms with Crippen molar-refractivity contribution < 1.29 is 14.4 Å². The summed E-state index contributed by atoms with van der Waals surface area (Å²) in [5, 5.41) is 2.33. The molecular weight excluding hydrogens is 370 g/mol. The van der Waals surface area contributed by atoms with Crippen molar-refractivity contribution in [2.45, 2.75) is 38.5 Å². The van der Waals surface area contributed by atoms with Crippen LogP contribution in [0.15, 0.2) is 36.5 Å². The van der Waals surface area contributed by atoms with Crippen molar-refractivity contribution in [2.24, 2.45) is 0 Å². The highest BCUT2D eigenvalue weighted by atomic mass is 16.2. The van der Waals surface area contributed by atoms with Gasteiger partial charge in [-0.25, -0.2) is 4.98 Å². The van der Waals surface area contributed by atoms with E-state index < -0.39 is 6.04 Å². The number of benzene rings is 1. The summed E-state index contributed by atoms with van der Waals surface area (Å²) in [5.41, 5.74) is 9.33. The van der Waals surface area contributed by atoms with E-state index >= 15 is 0 Å². The van der Waals surface area contributed by atoms with Crippen LogP contribution in [0.5, 0.6) is 0 Å². The molecule has 8 nitrogen and oxygen atoms in total. The minimum atomic E-state index is -0.586. The van der Waals surface area contributed by atoms with Gasteiger partial charge < -0.3 is 10.6 Å². The molecule has 8 heteroatoms. The summed E-state index contributed by atoms with van der Waals surface area (Å²) < 4.78 is 0. The predicted molar refractivity (Wildman–Crippen MR) is 106 cm³/mol. The normalized spacial score (nSPS) is 18.9. The summed E-state index contributed by atoms with van der Waals surface area (Å²) in [6.45, 7) is 1.83. The van der Waals surface area contributed by atoms with Crippen molar-refractivity contribution in [1.29, 1.82) is 0 Å². The monoisotopic (exact) mass is 393 g/mol. The first-order valence-electron chi connectivity index (χ1n) is 9.56. The number of nitrogens with zero attached hydrogens (tertiary/aromatic N) is 3. The Morgan fingerprint density at radius 3 is 2.66 bits per heavy atom. The third-order valence-corrected chi connectivity index (χ3v) is 5.34. The Labute approximate surface area is 168 Å². The molecule has 2 aromatic rings. The lowest BCUT2D eigenvalue weighted by Crippen LogP contribution is -2.52. The molecule has 1 atom stereocenters. The van der Waals surface area contributed by atoms with E-state index in [2.05, 4.69) is 15.2 Å². The smallest absolute Gasteiger partial charge is 0.255 e. The standard InChI is InChI=1S/C21H23N5O3/c1-25(11-14-3-6-18(22)23-9-14)10-13-2-4-16-15(8-13)12-26(21(16)29)17-5-7-19(27)24-20(17)28/h2-4,6,8-9,17H,5,7,10-12H2,1H3,(H2,22,23)(H,24,27,28). The molecule has 0 spiro atoms. The van der Waals surface area contributed by atoms with Gasteiger partial charge in [0.15, 0.2) is 0 Å². The molecule has 0 saturated carbocycles. The molecule has 1 aromatic heterocycles. The third kappa shape index (κ3) is 3.97. The number of nitrogen functional groups attached to an aromatic ring is 1. The Balaban J connectivity index is 1.43. The van der Waals surface area contributed by atoms with Crippen LogP contribution in [0.25, 0.3) is 0 Å². The molecule has 0 aliphatic carbocycles. The summed E-state index contributed by atoms with van der Waals surface area (Å²) in [6, 6.07) is 8.96. The fourth-order valence-corrected chi connectivity index (χ4v) is 3.93. The number of imide groups is 1. The lowest BCUT2D eigenvalue weighted by molar-refractivity contribution is -0.136. The number of amides is 3. The van der Waals surface area contributed by atoms with Gasteiger partial charge in [0, 0.05) is 37.8 Å². The summed E-state index contributed by atoms with van der Waals surface area (Å²) in [7, 11) is 2.02. The lowest BCUT2D eigenvalue weighted by atomic mass is 10.0. The minimum absolute atomic E-state index is 0.151. The van der Waals surface area contributed by atoms with Crippen LogP contribution < -0.4 is 11.1 Å². The average molecular weight is 393 g/mol. The van der Waals surface area contributed by atoms with Gasteiger partial charge in [0.25, 0.3) is 5.91 Å². The maximum Gasteiger partial charge on any atom is 0.255 e. The average Bonchev–Trinajstić information content (AvgIpc) is 2.99. The van der Waals surface area contributed by atoms with Crippen LogP contribution in [-0.4, -0.2) is 45.6 Å². The number of rotatable bonds is 5. The van der Waals surface area contributed by atoms with Crippen LogP contribution in [0.4, 0.5) is 5.82 Å². The molecule has 3 amide bonds. The molecule has 4 rings (SSSR count). The van der Waals surface area contributed by atoms with E-state index in [9.17, 15) is 14.4 Å². The Morgan fingerprint density at radius 2 is 1.93 bits per heavy atom. The van der Waals surface area contributed by atoms with Gasteiger partial charge in [-0.1, -0.05) is 18.2 Å². The first-order valence-corrected chi connectivity index (χ1v) is 9.56. The molecule has 0 bridgehead atoms. The van der Waals surface area contributed by atoms with Gasteiger partial charge in [0.2, 0.25) is 11.8 Å². The second kappa shape index (κ2) is 7.63. The third-order valence-electron chi connectivity index (χ3n) is 5.34. The zero-order chi connectivity index (χ0) is 20.5. The Morgan fingerprint density at radius 1 is 1.17 bits per heavy atom. The Kier molecular flexibility index (Phi) is 5.02. The van der Waals surface area contributed by atoms with E-state index in [-0.39, 0.29) is 24.1 Å². The number of nitrogens with two attached hydrogens (primary N) is 1. The van der Waals surface area contributed by atoms with Gasteiger partial charge in [-0.05, 0) is 42.3 Å². The fourth-order valence-electron chi connectivity index (χ4n) is 3.93. The molecular formula is C21H23N5O3. The number of pyridine rings is 1. The second-order valence-electron chi connectivity index (χ2n) is 7.66. The molecule has 1 fully saturated rings. The van der Waals surface area contributed by atoms with Gasteiger partial charge in [0.1, 0.15) is 11.9 Å². The number of carbonyl (C=O) groups excluding carboxylic acids is 3. The predicted octanol–water partition coefficient (Wildman–Crippen LogP) is 1.06. The highest BCUT2D eigenvalue weighted by Crippen LogP contribution is 2.28. The van der Waals surface area contributed by atoms with Crippen LogP contribution in [-0.2, 0) is 29.2 Å². The quantitative estimate of drug-likeness (QED) is 0.736. The zero-order valence-corrected chi connectivity index (χ0v) is 16.2. The maximum absolute atomic E-state index is 12.8. The number of hydrogen-bond donors (Lipinski definition) is 2. The molecule has 2 aliphatic rings. The van der Waals surface area contributed by atoms with E-state index in [1.807, 2.05) is 31.3 Å². The van der Waals surface area contributed by atoms with Crippen molar-refractivity contribution in [2.75, 3.05) is 12.8 Å². The van der Waals surface area contributed by atoms with Crippen LogP contribution in [0.3, 0.4) is 0 Å². The maximum atomic E-state index is 12.8. The summed E-state index contributed by atoms with van der Waals surface area (Å²) >= 11 is 0. The summed E-state index contributed by atoms with van der Waals surface area (Å²) in [5.74, 6) is -0.320. The van der Waals surface area contributed by atoms with Crippen LogP contribution in [0, 0.1) is 0 Å². The molecule has 0 radical (unpaired) electrons. The number of carbonyl (C=O) groups is 3. The fraction of sp³-hybridized carbons (Fsp3) is 0.333. The topological polar surface area (TPSA) is 109 Å². The summed E-state index contributed by atoms with van der Waals surface area (Å²) in [6.07, 6.45) is 2.40. The first-order chi connectivity index (χ1) is 13.9. The number of aromatic nitrogens is 1. The second-order valence-corrected chi connectivity index (χ2v) is 7.66. The van der Waals surface area contributed by atoms with E-state index in [0.717, 1.165) is 23.2 Å². The molecule has 3 N–H and O–H groups in total. The van der Waals surface area contributed by atoms with E-state index in [1.165, 1.54) is 0 Å². The van der Waals surface area contributed by atoms with Crippen molar-refractivity contribution in [3.8, 4) is 0 Å². The number of piperidine rings is 1. The van der Waals surface area contributed by atoms with E-state index in [4.69, 9.17) is 5.73 Å². The van der Waals surface area contributed by atoms with Crippen LogP contribution in [0.2, 0.25) is 0 Å².